The largest absolute Gasteiger partial charge is 0.490 e. The topological polar surface area (TPSA) is 107 Å². The molecule has 1 amide bonds. The molecule has 2 saturated heterocycles. The van der Waals surface area contributed by atoms with Gasteiger partial charge in [-0.05, 0) is 64.0 Å². The number of aliphatic hydroxyl groups is 1. The monoisotopic (exact) mass is 723 g/mol. The second-order valence-corrected chi connectivity index (χ2v) is 14.8. The summed E-state index contributed by atoms with van der Waals surface area (Å²) in [6.07, 6.45) is 8.43. The van der Waals surface area contributed by atoms with E-state index < -0.39 is 36.5 Å². The van der Waals surface area contributed by atoms with Gasteiger partial charge in [-0.1, -0.05) is 0 Å². The fourth-order valence-corrected chi connectivity index (χ4v) is 7.91. The molecule has 0 radical (unpaired) electrons. The van der Waals surface area contributed by atoms with Crippen LogP contribution in [0.1, 0.15) is 74.0 Å². The van der Waals surface area contributed by atoms with Crippen LogP contribution in [0, 0.1) is 5.82 Å². The Labute approximate surface area is 302 Å². The van der Waals surface area contributed by atoms with E-state index in [-0.39, 0.29) is 30.1 Å². The Kier molecular flexibility index (Phi) is 10.9. The molecule has 4 aliphatic rings. The molecule has 1 aliphatic carbocycles. The summed E-state index contributed by atoms with van der Waals surface area (Å²) in [4.78, 5) is 35.4. The Balaban J connectivity index is 0.983. The van der Waals surface area contributed by atoms with Crippen molar-refractivity contribution in [3.05, 3.63) is 65.6 Å². The number of carbonyl (C=O) groups is 1. The standard InChI is InChI=1S/C38H48F3N7O4/c1-25(2)48(28-19-38(40,41)20-28)37(50)30-18-26(39)4-5-33(30)52-35-21-42-24-44-36(35)47-16-8-29(9-17-47)51-34-6-11-43-32-10-14-45(22-31(32)34)12-3-13-46-15-7-27(46)23-49/h4-6,11,18,21,24-25,27-29,49H,3,7-10,12-17,19-20,22-23H2,1-2H3/t27-/m1/s1. The quantitative estimate of drug-likeness (QED) is 0.249. The average molecular weight is 724 g/mol. The number of hydrogen-bond acceptors (Lipinski definition) is 10. The first-order chi connectivity index (χ1) is 25.1. The third kappa shape index (κ3) is 7.98. The van der Waals surface area contributed by atoms with Gasteiger partial charge in [-0.3, -0.25) is 19.6 Å². The Hall–Kier alpha value is -4.01. The molecule has 3 aromatic rings. The van der Waals surface area contributed by atoms with Gasteiger partial charge in [0.25, 0.3) is 11.8 Å². The number of likely N-dealkylation sites (tertiary alicyclic amines) is 1. The molecular weight excluding hydrogens is 675 g/mol. The van der Waals surface area contributed by atoms with E-state index in [1.54, 1.807) is 13.8 Å². The number of amides is 1. The number of anilines is 1. The Morgan fingerprint density at radius 3 is 2.56 bits per heavy atom. The summed E-state index contributed by atoms with van der Waals surface area (Å²) in [5.41, 5.74) is 2.21. The highest BCUT2D eigenvalue weighted by atomic mass is 19.3. The number of benzene rings is 1. The van der Waals surface area contributed by atoms with Crippen LogP contribution in [0.4, 0.5) is 19.0 Å². The number of nitrogens with zero attached hydrogens (tertiary/aromatic N) is 7. The van der Waals surface area contributed by atoms with Crippen molar-refractivity contribution in [1.29, 1.82) is 0 Å². The number of aromatic nitrogens is 3. The van der Waals surface area contributed by atoms with Gasteiger partial charge in [0, 0.05) is 100 Å². The number of pyridine rings is 1. The van der Waals surface area contributed by atoms with E-state index in [2.05, 4.69) is 29.7 Å². The second-order valence-electron chi connectivity index (χ2n) is 14.8. The minimum absolute atomic E-state index is 0.00612. The molecule has 5 heterocycles. The normalized spacial score (nSPS) is 21.0. The molecular formula is C38H48F3N7O4. The molecule has 11 nitrogen and oxygen atoms in total. The maximum atomic E-state index is 14.5. The van der Waals surface area contributed by atoms with E-state index in [9.17, 15) is 23.1 Å². The lowest BCUT2D eigenvalue weighted by atomic mass is 9.85. The van der Waals surface area contributed by atoms with Crippen LogP contribution in [-0.2, 0) is 13.0 Å². The smallest absolute Gasteiger partial charge is 0.258 e. The number of hydrogen-bond donors (Lipinski definition) is 1. The van der Waals surface area contributed by atoms with Crippen molar-refractivity contribution < 1.29 is 32.5 Å². The zero-order valence-electron chi connectivity index (χ0n) is 29.9. The van der Waals surface area contributed by atoms with Crippen molar-refractivity contribution in [3.63, 3.8) is 0 Å². The van der Waals surface area contributed by atoms with Gasteiger partial charge < -0.3 is 24.4 Å². The van der Waals surface area contributed by atoms with E-state index in [0.29, 0.717) is 30.7 Å². The van der Waals surface area contributed by atoms with Crippen LogP contribution in [0.15, 0.2) is 43.0 Å². The third-order valence-electron chi connectivity index (χ3n) is 10.9. The molecule has 1 atom stereocenters. The summed E-state index contributed by atoms with van der Waals surface area (Å²) in [5.74, 6) is -2.18. The highest BCUT2D eigenvalue weighted by Gasteiger charge is 2.50. The average Bonchev–Trinajstić information content (AvgIpc) is 3.10. The first kappa shape index (κ1) is 36.4. The molecule has 1 N–H and O–H groups in total. The van der Waals surface area contributed by atoms with E-state index >= 15 is 0 Å². The predicted octanol–water partition coefficient (Wildman–Crippen LogP) is 5.31. The number of alkyl halides is 2. The number of aliphatic hydroxyl groups excluding tert-OH is 1. The molecule has 280 valence electrons. The van der Waals surface area contributed by atoms with Crippen molar-refractivity contribution in [1.82, 2.24) is 29.7 Å². The Morgan fingerprint density at radius 2 is 1.85 bits per heavy atom. The van der Waals surface area contributed by atoms with Crippen molar-refractivity contribution >= 4 is 11.7 Å². The molecule has 2 aromatic heterocycles. The lowest BCUT2D eigenvalue weighted by molar-refractivity contribution is -0.120. The van der Waals surface area contributed by atoms with Crippen molar-refractivity contribution in [2.45, 2.75) is 95.5 Å². The van der Waals surface area contributed by atoms with Crippen LogP contribution in [0.2, 0.25) is 0 Å². The van der Waals surface area contributed by atoms with Crippen molar-refractivity contribution in [3.8, 4) is 17.2 Å². The Bertz CT molecular complexity index is 1710. The van der Waals surface area contributed by atoms with Crippen LogP contribution in [0.5, 0.6) is 17.2 Å². The maximum absolute atomic E-state index is 14.5. The summed E-state index contributed by atoms with van der Waals surface area (Å²) < 4.78 is 54.9. The molecule has 1 saturated carbocycles. The van der Waals surface area contributed by atoms with Gasteiger partial charge >= 0.3 is 0 Å². The molecule has 1 aromatic carbocycles. The maximum Gasteiger partial charge on any atom is 0.258 e. The molecule has 3 aliphatic heterocycles. The molecule has 0 spiro atoms. The van der Waals surface area contributed by atoms with Crippen LogP contribution in [0.25, 0.3) is 0 Å². The number of fused-ring (bicyclic) bond motifs is 1. The van der Waals surface area contributed by atoms with Gasteiger partial charge in [-0.15, -0.1) is 0 Å². The van der Waals surface area contributed by atoms with Gasteiger partial charge in [0.05, 0.1) is 18.4 Å². The summed E-state index contributed by atoms with van der Waals surface area (Å²) in [6, 6.07) is 4.95. The predicted molar refractivity (Wildman–Crippen MR) is 189 cm³/mol. The van der Waals surface area contributed by atoms with Gasteiger partial charge in [-0.25, -0.2) is 23.1 Å². The van der Waals surface area contributed by atoms with Crippen molar-refractivity contribution in [2.24, 2.45) is 0 Å². The van der Waals surface area contributed by atoms with Gasteiger partial charge in [-0.2, -0.15) is 0 Å². The van der Waals surface area contributed by atoms with Gasteiger partial charge in [0.2, 0.25) is 0 Å². The molecule has 3 fully saturated rings. The third-order valence-corrected chi connectivity index (χ3v) is 10.9. The molecule has 0 bridgehead atoms. The zero-order valence-corrected chi connectivity index (χ0v) is 29.9. The zero-order chi connectivity index (χ0) is 36.4. The minimum Gasteiger partial charge on any atom is -0.490 e. The lowest BCUT2D eigenvalue weighted by Gasteiger charge is -2.44. The first-order valence-electron chi connectivity index (χ1n) is 18.5. The number of halogens is 3. The number of rotatable bonds is 13. The van der Waals surface area contributed by atoms with Gasteiger partial charge in [0.1, 0.15) is 29.7 Å². The number of carbonyl (C=O) groups excluding carboxylic acids is 1. The Morgan fingerprint density at radius 1 is 1.04 bits per heavy atom. The SMILES string of the molecule is CC(C)N(C(=O)c1cc(F)ccc1Oc1cncnc1N1CCC(Oc2ccnc3c2CN(CCCN2CC[C@@H]2CO)CC3)CC1)C1CC(F)(F)C1. The minimum atomic E-state index is -2.81. The van der Waals surface area contributed by atoms with E-state index in [1.807, 2.05) is 12.3 Å². The highest BCUT2D eigenvalue weighted by Crippen LogP contribution is 2.42. The van der Waals surface area contributed by atoms with Crippen LogP contribution in [0.3, 0.4) is 0 Å². The fraction of sp³-hybridized carbons (Fsp3) is 0.579. The van der Waals surface area contributed by atoms with Gasteiger partial charge in [0.15, 0.2) is 11.6 Å². The summed E-state index contributed by atoms with van der Waals surface area (Å²) in [6.45, 7) is 9.87. The summed E-state index contributed by atoms with van der Waals surface area (Å²) in [5, 5.41) is 9.49. The van der Waals surface area contributed by atoms with E-state index in [0.717, 1.165) is 87.9 Å². The van der Waals surface area contributed by atoms with Crippen LogP contribution < -0.4 is 14.4 Å². The first-order valence-corrected chi connectivity index (χ1v) is 18.5. The highest BCUT2D eigenvalue weighted by molar-refractivity contribution is 5.97. The molecule has 14 heteroatoms. The number of ether oxygens (including phenoxy) is 2. The van der Waals surface area contributed by atoms with E-state index in [1.165, 1.54) is 29.6 Å². The second kappa shape index (κ2) is 15.5. The van der Waals surface area contributed by atoms with E-state index in [4.69, 9.17) is 9.47 Å². The van der Waals surface area contributed by atoms with Crippen molar-refractivity contribution in [2.75, 3.05) is 50.8 Å². The fourth-order valence-electron chi connectivity index (χ4n) is 7.91. The van der Waals surface area contributed by atoms with Crippen LogP contribution in [-0.4, -0.2) is 117 Å². The molecule has 52 heavy (non-hydrogen) atoms. The van der Waals surface area contributed by atoms with Crippen LogP contribution >= 0.6 is 0 Å². The molecule has 7 rings (SSSR count). The summed E-state index contributed by atoms with van der Waals surface area (Å²) in [7, 11) is 0. The molecule has 0 unspecified atom stereocenters. The summed E-state index contributed by atoms with van der Waals surface area (Å²) >= 11 is 0. The number of piperidine rings is 1. The lowest BCUT2D eigenvalue weighted by Crippen LogP contribution is -2.55.